The van der Waals surface area contributed by atoms with Crippen LogP contribution in [0.15, 0.2) is 46.9 Å². The third kappa shape index (κ3) is 4.93. The molecule has 0 saturated carbocycles. The van der Waals surface area contributed by atoms with Crippen LogP contribution >= 0.6 is 15.9 Å². The van der Waals surface area contributed by atoms with Crippen molar-refractivity contribution in [2.24, 2.45) is 0 Å². The van der Waals surface area contributed by atoms with Gasteiger partial charge in [-0.3, -0.25) is 9.59 Å². The second-order valence-corrected chi connectivity index (χ2v) is 6.35. The number of nitrogens with one attached hydrogen (secondary N) is 2. The molecule has 2 aromatic carbocycles. The molecule has 0 unspecified atom stereocenters. The number of para-hydroxylation sites is 1. The number of hydrogen-bond donors (Lipinski definition) is 2. The van der Waals surface area contributed by atoms with Crippen LogP contribution in [0, 0.1) is 0 Å². The molecule has 2 aromatic rings. The molecule has 0 saturated heterocycles. The zero-order valence-corrected chi connectivity index (χ0v) is 15.4. The summed E-state index contributed by atoms with van der Waals surface area (Å²) in [5.41, 5.74) is 3.66. The Morgan fingerprint density at radius 2 is 1.42 bits per heavy atom. The van der Waals surface area contributed by atoms with Crippen molar-refractivity contribution in [2.75, 3.05) is 10.6 Å². The van der Waals surface area contributed by atoms with E-state index in [0.717, 1.165) is 34.1 Å². The van der Waals surface area contributed by atoms with Gasteiger partial charge in [-0.05, 0) is 48.2 Å². The minimum Gasteiger partial charge on any atom is -0.326 e. The van der Waals surface area contributed by atoms with Crippen molar-refractivity contribution in [3.05, 3.63) is 58.1 Å². The monoisotopic (exact) mass is 388 g/mol. The van der Waals surface area contributed by atoms with Crippen LogP contribution in [0.4, 0.5) is 11.4 Å². The molecule has 0 aliphatic carbocycles. The van der Waals surface area contributed by atoms with E-state index in [1.165, 1.54) is 0 Å². The van der Waals surface area contributed by atoms with Gasteiger partial charge in [-0.15, -0.1) is 0 Å². The predicted octanol–water partition coefficient (Wildman–Crippen LogP) is 4.54. The van der Waals surface area contributed by atoms with Gasteiger partial charge in [0.2, 0.25) is 11.8 Å². The molecule has 0 radical (unpaired) electrons. The van der Waals surface area contributed by atoms with Crippen molar-refractivity contribution < 1.29 is 9.59 Å². The maximum atomic E-state index is 12.2. The lowest BCUT2D eigenvalue weighted by molar-refractivity contribution is -0.123. The van der Waals surface area contributed by atoms with E-state index in [0.29, 0.717) is 5.69 Å². The number of amides is 2. The van der Waals surface area contributed by atoms with Crippen molar-refractivity contribution in [1.29, 1.82) is 0 Å². The summed E-state index contributed by atoms with van der Waals surface area (Å²) in [5, 5.41) is 5.62. The summed E-state index contributed by atoms with van der Waals surface area (Å²) in [6.07, 6.45) is 1.44. The van der Waals surface area contributed by atoms with Gasteiger partial charge in [0.05, 0.1) is 0 Å². The number of hydrogen-bond acceptors (Lipinski definition) is 2. The fourth-order valence-corrected chi connectivity index (χ4v) is 2.74. The number of carbonyl (C=O) groups is 2. The normalized spacial score (nSPS) is 10.3. The van der Waals surface area contributed by atoms with E-state index in [1.54, 1.807) is 12.1 Å². The maximum Gasteiger partial charge on any atom is 0.233 e. The summed E-state index contributed by atoms with van der Waals surface area (Å²) in [7, 11) is 0. The van der Waals surface area contributed by atoms with E-state index in [-0.39, 0.29) is 18.2 Å². The molecule has 126 valence electrons. The molecule has 0 aromatic heterocycles. The van der Waals surface area contributed by atoms with E-state index in [1.807, 2.05) is 44.2 Å². The minimum absolute atomic E-state index is 0.211. The third-order valence-electron chi connectivity index (χ3n) is 3.71. The van der Waals surface area contributed by atoms with Crippen LogP contribution in [-0.4, -0.2) is 11.8 Å². The Kier molecular flexibility index (Phi) is 6.55. The lowest BCUT2D eigenvalue weighted by Crippen LogP contribution is -2.22. The molecule has 0 aliphatic heterocycles. The summed E-state index contributed by atoms with van der Waals surface area (Å²) < 4.78 is 0.932. The molecule has 0 atom stereocenters. The Hall–Kier alpha value is -2.14. The van der Waals surface area contributed by atoms with Crippen LogP contribution < -0.4 is 10.6 Å². The quantitative estimate of drug-likeness (QED) is 0.713. The van der Waals surface area contributed by atoms with E-state index in [9.17, 15) is 9.59 Å². The van der Waals surface area contributed by atoms with Crippen molar-refractivity contribution in [3.63, 3.8) is 0 Å². The highest BCUT2D eigenvalue weighted by Crippen LogP contribution is 2.23. The van der Waals surface area contributed by atoms with Crippen molar-refractivity contribution in [1.82, 2.24) is 0 Å². The average Bonchev–Trinajstić information content (AvgIpc) is 2.57. The molecule has 24 heavy (non-hydrogen) atoms. The first kappa shape index (κ1) is 18.2. The Bertz CT molecular complexity index is 704. The zero-order valence-electron chi connectivity index (χ0n) is 13.9. The first-order valence-corrected chi connectivity index (χ1v) is 8.78. The molecular formula is C19H21BrN2O2. The third-order valence-corrected chi connectivity index (χ3v) is 4.24. The van der Waals surface area contributed by atoms with E-state index >= 15 is 0 Å². The molecular weight excluding hydrogens is 368 g/mol. The van der Waals surface area contributed by atoms with Gasteiger partial charge in [0.15, 0.2) is 0 Å². The first-order valence-electron chi connectivity index (χ1n) is 7.99. The number of anilines is 2. The molecule has 0 bridgehead atoms. The molecule has 4 nitrogen and oxygen atoms in total. The highest BCUT2D eigenvalue weighted by atomic mass is 79.9. The van der Waals surface area contributed by atoms with Crippen LogP contribution in [-0.2, 0) is 22.4 Å². The summed E-state index contributed by atoms with van der Waals surface area (Å²) in [4.78, 5) is 24.2. The molecule has 2 N–H and O–H groups in total. The second-order valence-electron chi connectivity index (χ2n) is 5.44. The van der Waals surface area contributed by atoms with E-state index in [4.69, 9.17) is 0 Å². The summed E-state index contributed by atoms with van der Waals surface area (Å²) in [5.74, 6) is -0.637. The van der Waals surface area contributed by atoms with Gasteiger partial charge in [-0.1, -0.05) is 48.0 Å². The van der Waals surface area contributed by atoms with E-state index < -0.39 is 0 Å². The highest BCUT2D eigenvalue weighted by molar-refractivity contribution is 9.10. The van der Waals surface area contributed by atoms with Gasteiger partial charge in [0, 0.05) is 15.8 Å². The van der Waals surface area contributed by atoms with Gasteiger partial charge in [-0.2, -0.15) is 0 Å². The lowest BCUT2D eigenvalue weighted by Gasteiger charge is -2.14. The Balaban J connectivity index is 2.00. The fraction of sp³-hybridized carbons (Fsp3) is 0.263. The largest absolute Gasteiger partial charge is 0.326 e. The Morgan fingerprint density at radius 1 is 0.875 bits per heavy atom. The van der Waals surface area contributed by atoms with Crippen LogP contribution in [0.5, 0.6) is 0 Å². The molecule has 0 spiro atoms. The van der Waals surface area contributed by atoms with Gasteiger partial charge in [0.1, 0.15) is 6.42 Å². The van der Waals surface area contributed by atoms with E-state index in [2.05, 4.69) is 26.6 Å². The highest BCUT2D eigenvalue weighted by Gasteiger charge is 2.13. The number of aryl methyl sites for hydroxylation is 2. The number of halogens is 1. The molecule has 0 aliphatic rings. The topological polar surface area (TPSA) is 58.2 Å². The van der Waals surface area contributed by atoms with Crippen LogP contribution in [0.1, 0.15) is 31.4 Å². The smallest absolute Gasteiger partial charge is 0.233 e. The fourth-order valence-electron chi connectivity index (χ4n) is 2.47. The number of rotatable bonds is 6. The molecule has 2 amide bonds. The maximum absolute atomic E-state index is 12.2. The number of carbonyl (C=O) groups excluding carboxylic acids is 2. The van der Waals surface area contributed by atoms with Gasteiger partial charge in [0.25, 0.3) is 0 Å². The Labute approximate surface area is 150 Å². The SMILES string of the molecule is CCc1cccc(CC)c1NC(=O)CC(=O)Nc1ccc(Br)cc1. The average molecular weight is 389 g/mol. The minimum atomic E-state index is -0.332. The van der Waals surface area contributed by atoms with Crippen LogP contribution in [0.3, 0.4) is 0 Å². The van der Waals surface area contributed by atoms with Crippen LogP contribution in [0.2, 0.25) is 0 Å². The summed E-state index contributed by atoms with van der Waals surface area (Å²) in [6.45, 7) is 4.09. The second kappa shape index (κ2) is 8.64. The van der Waals surface area contributed by atoms with Crippen molar-refractivity contribution >= 4 is 39.1 Å². The van der Waals surface area contributed by atoms with Gasteiger partial charge < -0.3 is 10.6 Å². The van der Waals surface area contributed by atoms with Gasteiger partial charge in [-0.25, -0.2) is 0 Å². The predicted molar refractivity (Wildman–Crippen MR) is 101 cm³/mol. The lowest BCUT2D eigenvalue weighted by atomic mass is 10.0. The zero-order chi connectivity index (χ0) is 17.5. The summed E-state index contributed by atoms with van der Waals surface area (Å²) >= 11 is 3.34. The molecule has 0 fully saturated rings. The van der Waals surface area contributed by atoms with Gasteiger partial charge >= 0.3 is 0 Å². The molecule has 0 heterocycles. The number of benzene rings is 2. The van der Waals surface area contributed by atoms with Crippen molar-refractivity contribution in [2.45, 2.75) is 33.1 Å². The molecule has 5 heteroatoms. The first-order chi connectivity index (χ1) is 11.5. The van der Waals surface area contributed by atoms with Crippen LogP contribution in [0.25, 0.3) is 0 Å². The standard InChI is InChI=1S/C19H21BrN2O2/c1-3-13-6-5-7-14(4-2)19(13)22-18(24)12-17(23)21-16-10-8-15(20)9-11-16/h5-11H,3-4,12H2,1-2H3,(H,21,23)(H,22,24). The molecule has 2 rings (SSSR count). The summed E-state index contributed by atoms with van der Waals surface area (Å²) in [6, 6.07) is 13.2. The Morgan fingerprint density at radius 3 is 1.96 bits per heavy atom. The van der Waals surface area contributed by atoms with Crippen molar-refractivity contribution in [3.8, 4) is 0 Å².